The molecule has 0 saturated carbocycles. The number of carbonyl (C=O) groups excluding carboxylic acids is 3. The molecule has 1 fully saturated rings. The van der Waals surface area contributed by atoms with E-state index in [-0.39, 0.29) is 12.1 Å². The van der Waals surface area contributed by atoms with Crippen molar-refractivity contribution in [3.05, 3.63) is 30.1 Å². The summed E-state index contributed by atoms with van der Waals surface area (Å²) < 4.78 is 18.2. The summed E-state index contributed by atoms with van der Waals surface area (Å²) in [7, 11) is 3.80. The highest BCUT2D eigenvalue weighted by Crippen LogP contribution is 2.39. The van der Waals surface area contributed by atoms with E-state index in [2.05, 4.69) is 5.32 Å². The second-order valence-electron chi connectivity index (χ2n) is 5.72. The molecule has 1 aromatic rings. The standard InChI is InChI=1S/C17H21FN2O4S2/c18-13-6-2-3-7-14(13)19-17(23)20-15(21)11-24-16(22)8-4-1-5-12-9-10-25-26-12/h2-3,6-7,12H,1,4-5,8-11H2,(H2,19,20,21,23)/t12-/m1/s1. The first-order chi connectivity index (χ1) is 12.5. The van der Waals surface area contributed by atoms with Crippen LogP contribution in [0.15, 0.2) is 24.3 Å². The number of carbonyl (C=O) groups is 3. The number of anilines is 1. The molecule has 0 bridgehead atoms. The van der Waals surface area contributed by atoms with Gasteiger partial charge in [0.25, 0.3) is 5.91 Å². The summed E-state index contributed by atoms with van der Waals surface area (Å²) in [6, 6.07) is 4.69. The fourth-order valence-corrected chi connectivity index (χ4v) is 5.33. The first-order valence-corrected chi connectivity index (χ1v) is 10.7. The Kier molecular flexibility index (Phi) is 8.76. The monoisotopic (exact) mass is 400 g/mol. The third-order valence-electron chi connectivity index (χ3n) is 3.62. The Balaban J connectivity index is 1.56. The van der Waals surface area contributed by atoms with Crippen LogP contribution in [0.1, 0.15) is 32.1 Å². The summed E-state index contributed by atoms with van der Waals surface area (Å²) in [5, 5.41) is 4.86. The van der Waals surface area contributed by atoms with E-state index in [0.29, 0.717) is 5.25 Å². The highest BCUT2D eigenvalue weighted by atomic mass is 33.1. The molecule has 0 unspecified atom stereocenters. The Morgan fingerprint density at radius 3 is 2.77 bits per heavy atom. The molecule has 0 aliphatic carbocycles. The SMILES string of the molecule is O=C(COC(=O)CCCC[C@@H]1CCSS1)NC(=O)Nc1ccccc1F. The molecule has 26 heavy (non-hydrogen) atoms. The molecule has 9 heteroatoms. The number of ether oxygens (including phenoxy) is 1. The van der Waals surface area contributed by atoms with Crippen LogP contribution in [0.4, 0.5) is 14.9 Å². The van der Waals surface area contributed by atoms with Gasteiger partial charge >= 0.3 is 12.0 Å². The van der Waals surface area contributed by atoms with Gasteiger partial charge in [0.1, 0.15) is 5.82 Å². The molecule has 1 saturated heterocycles. The number of urea groups is 1. The van der Waals surface area contributed by atoms with Crippen molar-refractivity contribution in [3.63, 3.8) is 0 Å². The number of imide groups is 1. The number of rotatable bonds is 8. The summed E-state index contributed by atoms with van der Waals surface area (Å²) in [6.07, 6.45) is 4.22. The largest absolute Gasteiger partial charge is 0.456 e. The van der Waals surface area contributed by atoms with E-state index in [1.165, 1.54) is 30.4 Å². The van der Waals surface area contributed by atoms with Crippen LogP contribution in [-0.2, 0) is 14.3 Å². The first-order valence-electron chi connectivity index (χ1n) is 8.34. The second kappa shape index (κ2) is 11.1. The summed E-state index contributed by atoms with van der Waals surface area (Å²) in [6.45, 7) is -0.543. The third kappa shape index (κ3) is 7.65. The predicted molar refractivity (Wildman–Crippen MR) is 101 cm³/mol. The van der Waals surface area contributed by atoms with Crippen LogP contribution in [0.2, 0.25) is 0 Å². The minimum absolute atomic E-state index is 0.0476. The highest BCUT2D eigenvalue weighted by molar-refractivity contribution is 8.77. The van der Waals surface area contributed by atoms with Gasteiger partial charge in [-0.25, -0.2) is 9.18 Å². The lowest BCUT2D eigenvalue weighted by atomic mass is 10.1. The van der Waals surface area contributed by atoms with Gasteiger partial charge in [0, 0.05) is 17.4 Å². The zero-order chi connectivity index (χ0) is 18.8. The van der Waals surface area contributed by atoms with Crippen molar-refractivity contribution in [2.45, 2.75) is 37.4 Å². The maximum Gasteiger partial charge on any atom is 0.326 e. The molecular formula is C17H21FN2O4S2. The number of nitrogens with one attached hydrogen (secondary N) is 2. The minimum Gasteiger partial charge on any atom is -0.456 e. The molecule has 2 rings (SSSR count). The maximum atomic E-state index is 13.4. The summed E-state index contributed by atoms with van der Waals surface area (Å²) in [5.74, 6) is -0.664. The van der Waals surface area contributed by atoms with Crippen LogP contribution in [0, 0.1) is 5.82 Å². The van der Waals surface area contributed by atoms with E-state index in [1.54, 1.807) is 6.07 Å². The summed E-state index contributed by atoms with van der Waals surface area (Å²) in [5.41, 5.74) is -0.0476. The summed E-state index contributed by atoms with van der Waals surface area (Å²) in [4.78, 5) is 34.8. The lowest BCUT2D eigenvalue weighted by Gasteiger charge is -2.08. The van der Waals surface area contributed by atoms with Gasteiger partial charge in [0.05, 0.1) is 5.69 Å². The Morgan fingerprint density at radius 1 is 1.23 bits per heavy atom. The topological polar surface area (TPSA) is 84.5 Å². The van der Waals surface area contributed by atoms with Crippen molar-refractivity contribution >= 4 is 45.2 Å². The van der Waals surface area contributed by atoms with E-state index in [9.17, 15) is 18.8 Å². The maximum absolute atomic E-state index is 13.4. The molecular weight excluding hydrogens is 379 g/mol. The van der Waals surface area contributed by atoms with Gasteiger partial charge in [-0.2, -0.15) is 0 Å². The van der Waals surface area contributed by atoms with E-state index in [0.717, 1.165) is 19.3 Å². The van der Waals surface area contributed by atoms with E-state index >= 15 is 0 Å². The first kappa shape index (κ1) is 20.6. The lowest BCUT2D eigenvalue weighted by Crippen LogP contribution is -2.37. The zero-order valence-electron chi connectivity index (χ0n) is 14.2. The van der Waals surface area contributed by atoms with Crippen LogP contribution in [-0.4, -0.2) is 35.5 Å². The molecule has 142 valence electrons. The van der Waals surface area contributed by atoms with Gasteiger partial charge in [0.2, 0.25) is 0 Å². The van der Waals surface area contributed by atoms with Crippen molar-refractivity contribution in [2.75, 3.05) is 17.7 Å². The fourth-order valence-electron chi connectivity index (χ4n) is 2.30. The minimum atomic E-state index is -0.886. The fraction of sp³-hybridized carbons (Fsp3) is 0.471. The molecule has 0 spiro atoms. The van der Waals surface area contributed by atoms with Crippen LogP contribution >= 0.6 is 21.6 Å². The molecule has 0 aromatic heterocycles. The van der Waals surface area contributed by atoms with Gasteiger partial charge in [0.15, 0.2) is 6.61 Å². The highest BCUT2D eigenvalue weighted by Gasteiger charge is 2.16. The number of amides is 3. The zero-order valence-corrected chi connectivity index (χ0v) is 15.8. The third-order valence-corrected chi connectivity index (χ3v) is 6.63. The Labute approximate surface area is 159 Å². The number of hydrogen-bond donors (Lipinski definition) is 2. The Morgan fingerprint density at radius 2 is 2.04 bits per heavy atom. The summed E-state index contributed by atoms with van der Waals surface area (Å²) >= 11 is 0. The van der Waals surface area contributed by atoms with Crippen molar-refractivity contribution < 1.29 is 23.5 Å². The predicted octanol–water partition coefficient (Wildman–Crippen LogP) is 3.73. The number of para-hydroxylation sites is 1. The van der Waals surface area contributed by atoms with E-state index in [1.807, 2.05) is 26.9 Å². The molecule has 0 radical (unpaired) electrons. The van der Waals surface area contributed by atoms with E-state index < -0.39 is 30.3 Å². The lowest BCUT2D eigenvalue weighted by molar-refractivity contribution is -0.148. The van der Waals surface area contributed by atoms with E-state index in [4.69, 9.17) is 4.74 Å². The van der Waals surface area contributed by atoms with Crippen LogP contribution < -0.4 is 10.6 Å². The van der Waals surface area contributed by atoms with Crippen LogP contribution in [0.3, 0.4) is 0 Å². The Hall–Kier alpha value is -1.74. The molecule has 2 N–H and O–H groups in total. The van der Waals surface area contributed by atoms with Gasteiger partial charge in [-0.05, 0) is 31.4 Å². The normalized spacial score (nSPS) is 16.1. The molecule has 1 heterocycles. The van der Waals surface area contributed by atoms with Crippen molar-refractivity contribution in [2.24, 2.45) is 0 Å². The number of unbranched alkanes of at least 4 members (excludes halogenated alkanes) is 1. The van der Waals surface area contributed by atoms with Gasteiger partial charge in [-0.15, -0.1) is 0 Å². The van der Waals surface area contributed by atoms with Crippen LogP contribution in [0.25, 0.3) is 0 Å². The van der Waals surface area contributed by atoms with Crippen molar-refractivity contribution in [1.82, 2.24) is 5.32 Å². The molecule has 3 amide bonds. The van der Waals surface area contributed by atoms with Gasteiger partial charge < -0.3 is 10.1 Å². The van der Waals surface area contributed by atoms with Gasteiger partial charge in [-0.3, -0.25) is 14.9 Å². The molecule has 1 atom stereocenters. The average Bonchev–Trinajstić information content (AvgIpc) is 3.12. The van der Waals surface area contributed by atoms with Gasteiger partial charge in [-0.1, -0.05) is 40.1 Å². The Bertz CT molecular complexity index is 639. The number of benzene rings is 1. The molecule has 1 aliphatic heterocycles. The second-order valence-corrected chi connectivity index (χ2v) is 8.51. The van der Waals surface area contributed by atoms with Crippen molar-refractivity contribution in [1.29, 1.82) is 0 Å². The quantitative estimate of drug-likeness (QED) is 0.393. The van der Waals surface area contributed by atoms with Crippen molar-refractivity contribution in [3.8, 4) is 0 Å². The molecule has 6 nitrogen and oxygen atoms in total. The molecule has 1 aliphatic rings. The number of hydrogen-bond acceptors (Lipinski definition) is 6. The number of esters is 1. The smallest absolute Gasteiger partial charge is 0.326 e. The van der Waals surface area contributed by atoms with Crippen LogP contribution in [0.5, 0.6) is 0 Å². The average molecular weight is 400 g/mol. The molecule has 1 aromatic carbocycles. The number of halogens is 1.